The highest BCUT2D eigenvalue weighted by atomic mass is 32.2. The number of aliphatic carboxylic acids is 1. The Kier molecular flexibility index (Phi) is 9.00. The normalized spacial score (nSPS) is 19.8. The molecule has 4 aromatic carbocycles. The van der Waals surface area contributed by atoms with Gasteiger partial charge in [0, 0.05) is 48.2 Å². The van der Waals surface area contributed by atoms with Crippen molar-refractivity contribution >= 4 is 56.1 Å². The van der Waals surface area contributed by atoms with Crippen LogP contribution in [0.5, 0.6) is 0 Å². The summed E-state index contributed by atoms with van der Waals surface area (Å²) in [6.45, 7) is 9.49. The van der Waals surface area contributed by atoms with E-state index in [0.717, 1.165) is 27.7 Å². The maximum atomic E-state index is 13.9. The molecule has 2 aliphatic heterocycles. The van der Waals surface area contributed by atoms with Crippen molar-refractivity contribution in [3.8, 4) is 0 Å². The molecule has 0 aromatic heterocycles. The summed E-state index contributed by atoms with van der Waals surface area (Å²) in [5, 5.41) is 11.9. The smallest absolute Gasteiger partial charge is 0.303 e. The summed E-state index contributed by atoms with van der Waals surface area (Å²) in [5.41, 5.74) is 3.10. The Balaban J connectivity index is 1.45. The molecule has 49 heavy (non-hydrogen) atoms. The van der Waals surface area contributed by atoms with Crippen molar-refractivity contribution in [3.05, 3.63) is 103 Å². The number of carbonyl (C=O) groups is 1. The van der Waals surface area contributed by atoms with E-state index in [1.807, 2.05) is 54.0 Å². The van der Waals surface area contributed by atoms with E-state index in [4.69, 9.17) is 0 Å². The van der Waals surface area contributed by atoms with Crippen LogP contribution in [0.3, 0.4) is 0 Å². The van der Waals surface area contributed by atoms with E-state index in [0.29, 0.717) is 38.1 Å². The van der Waals surface area contributed by atoms with E-state index in [-0.39, 0.29) is 51.3 Å². The SMILES string of the molecule is CCN1c2ccc3ccccc3c2C(C)(C)C1C=c1c(=O)c(=CC2=[N+](CCCCS(=O)(=O)O)c3ccccc3C2(C)CCCC(=O)O)c1=O. The Morgan fingerprint density at radius 1 is 0.939 bits per heavy atom. The van der Waals surface area contributed by atoms with Gasteiger partial charge < -0.3 is 10.0 Å². The van der Waals surface area contributed by atoms with Gasteiger partial charge in [-0.15, -0.1) is 0 Å². The van der Waals surface area contributed by atoms with Crippen LogP contribution in [0.1, 0.15) is 70.9 Å². The third-order valence-corrected chi connectivity index (χ3v) is 11.4. The summed E-state index contributed by atoms with van der Waals surface area (Å²) in [4.78, 5) is 41.6. The van der Waals surface area contributed by atoms with Gasteiger partial charge in [0.15, 0.2) is 5.71 Å². The molecular formula is C39H43N2O7S+. The van der Waals surface area contributed by atoms with Crippen molar-refractivity contribution in [1.82, 2.24) is 0 Å². The lowest BCUT2D eigenvalue weighted by Gasteiger charge is -2.31. The van der Waals surface area contributed by atoms with E-state index >= 15 is 0 Å². The Morgan fingerprint density at radius 2 is 1.63 bits per heavy atom. The van der Waals surface area contributed by atoms with Crippen LogP contribution in [-0.2, 0) is 25.7 Å². The summed E-state index contributed by atoms with van der Waals surface area (Å²) in [6, 6.07) is 20.0. The largest absolute Gasteiger partial charge is 0.481 e. The van der Waals surface area contributed by atoms with Gasteiger partial charge in [0.25, 0.3) is 10.1 Å². The van der Waals surface area contributed by atoms with Crippen molar-refractivity contribution in [2.45, 2.75) is 76.7 Å². The number of para-hydroxylation sites is 1. The number of likely N-dealkylation sites (N-methyl/N-ethyl adjacent to an activating group) is 1. The van der Waals surface area contributed by atoms with Gasteiger partial charge in [-0.05, 0) is 61.6 Å². The van der Waals surface area contributed by atoms with Crippen molar-refractivity contribution in [2.24, 2.45) is 0 Å². The lowest BCUT2D eigenvalue weighted by Crippen LogP contribution is -2.66. The van der Waals surface area contributed by atoms with Crippen LogP contribution in [0.15, 0.2) is 70.3 Å². The maximum Gasteiger partial charge on any atom is 0.303 e. The van der Waals surface area contributed by atoms with E-state index < -0.39 is 21.5 Å². The zero-order chi connectivity index (χ0) is 35.3. The molecule has 10 heteroatoms. The Bertz CT molecular complexity index is 2280. The number of fused-ring (bicyclic) bond motifs is 4. The molecule has 2 aliphatic rings. The van der Waals surface area contributed by atoms with Gasteiger partial charge in [-0.1, -0.05) is 62.4 Å². The lowest BCUT2D eigenvalue weighted by molar-refractivity contribution is -0.437. The van der Waals surface area contributed by atoms with Gasteiger partial charge in [-0.2, -0.15) is 13.0 Å². The molecule has 4 aromatic rings. The molecule has 0 aliphatic carbocycles. The third-order valence-electron chi connectivity index (χ3n) is 10.6. The standard InChI is InChI=1S/C39H42N2O7S/c1-5-40-31-19-18-25-13-6-7-14-26(25)35(31)38(2,3)32(40)23-27-36(44)28(37(27)45)24-33-39(4,20-12-17-34(42)43)29-15-8-9-16-30(29)41(33)21-10-11-22-49(46,47)48/h6-9,13-16,18-19,23-24,32H,5,10-12,17,20-22H2,1-4H3,(H-,42,43,46,47,48)/p+1. The van der Waals surface area contributed by atoms with Crippen molar-refractivity contribution in [3.63, 3.8) is 0 Å². The van der Waals surface area contributed by atoms with Gasteiger partial charge >= 0.3 is 5.97 Å². The number of unbranched alkanes of at least 4 members (excludes halogenated alkanes) is 1. The first kappa shape index (κ1) is 34.5. The summed E-state index contributed by atoms with van der Waals surface area (Å²) in [6.07, 6.45) is 5.00. The Labute approximate surface area is 286 Å². The fraction of sp³-hybridized carbons (Fsp3) is 0.385. The summed E-state index contributed by atoms with van der Waals surface area (Å²) in [5.74, 6) is -1.27. The molecule has 0 bridgehead atoms. The Hall–Kier alpha value is -4.41. The molecule has 256 valence electrons. The van der Waals surface area contributed by atoms with Crippen LogP contribution in [0.4, 0.5) is 11.4 Å². The zero-order valence-corrected chi connectivity index (χ0v) is 29.2. The number of anilines is 1. The summed E-state index contributed by atoms with van der Waals surface area (Å²) >= 11 is 0. The van der Waals surface area contributed by atoms with E-state index in [9.17, 15) is 32.5 Å². The highest BCUT2D eigenvalue weighted by Gasteiger charge is 2.48. The van der Waals surface area contributed by atoms with Crippen molar-refractivity contribution in [2.75, 3.05) is 23.7 Å². The minimum absolute atomic E-state index is 0.0243. The minimum Gasteiger partial charge on any atom is -0.481 e. The summed E-state index contributed by atoms with van der Waals surface area (Å²) < 4.78 is 34.0. The molecular weight excluding hydrogens is 641 g/mol. The quantitative estimate of drug-likeness (QED) is 0.129. The van der Waals surface area contributed by atoms with E-state index in [1.54, 1.807) is 6.08 Å². The fourth-order valence-electron chi connectivity index (χ4n) is 8.17. The number of carboxylic acids is 1. The predicted molar refractivity (Wildman–Crippen MR) is 194 cm³/mol. The van der Waals surface area contributed by atoms with Gasteiger partial charge in [-0.3, -0.25) is 18.9 Å². The first-order chi connectivity index (χ1) is 23.2. The average molecular weight is 684 g/mol. The number of benzene rings is 3. The third kappa shape index (κ3) is 6.06. The van der Waals surface area contributed by atoms with Crippen molar-refractivity contribution in [1.29, 1.82) is 0 Å². The highest BCUT2D eigenvalue weighted by molar-refractivity contribution is 7.85. The lowest BCUT2D eigenvalue weighted by atomic mass is 9.75. The fourth-order valence-corrected chi connectivity index (χ4v) is 8.74. The molecule has 0 radical (unpaired) electrons. The summed E-state index contributed by atoms with van der Waals surface area (Å²) in [7, 11) is -4.12. The van der Waals surface area contributed by atoms with Crippen LogP contribution in [-0.4, -0.2) is 59.2 Å². The minimum atomic E-state index is -4.12. The number of nitrogens with zero attached hydrogens (tertiary/aromatic N) is 2. The molecule has 0 fully saturated rings. The second-order valence-electron chi connectivity index (χ2n) is 14.1. The van der Waals surface area contributed by atoms with Gasteiger partial charge in [0.05, 0.1) is 27.6 Å². The molecule has 0 spiro atoms. The van der Waals surface area contributed by atoms with Gasteiger partial charge in [0.1, 0.15) is 6.54 Å². The second kappa shape index (κ2) is 12.8. The van der Waals surface area contributed by atoms with Crippen molar-refractivity contribution < 1.29 is 27.4 Å². The Morgan fingerprint density at radius 3 is 2.33 bits per heavy atom. The van der Waals surface area contributed by atoms with Crippen LogP contribution in [0.2, 0.25) is 0 Å². The molecule has 0 amide bonds. The molecule has 0 saturated carbocycles. The zero-order valence-electron chi connectivity index (χ0n) is 28.4. The molecule has 9 nitrogen and oxygen atoms in total. The highest BCUT2D eigenvalue weighted by Crippen LogP contribution is 2.49. The molecule has 6 rings (SSSR count). The second-order valence-corrected chi connectivity index (χ2v) is 15.6. The number of rotatable bonds is 12. The maximum absolute atomic E-state index is 13.9. The van der Waals surface area contributed by atoms with Crippen LogP contribution >= 0.6 is 0 Å². The van der Waals surface area contributed by atoms with Crippen LogP contribution in [0.25, 0.3) is 22.9 Å². The number of hydrogen-bond donors (Lipinski definition) is 2. The number of hydrogen-bond acceptors (Lipinski definition) is 6. The monoisotopic (exact) mass is 683 g/mol. The first-order valence-corrected chi connectivity index (χ1v) is 18.5. The topological polar surface area (TPSA) is 132 Å². The molecule has 2 unspecified atom stereocenters. The van der Waals surface area contributed by atoms with E-state index in [2.05, 4.69) is 49.9 Å². The first-order valence-electron chi connectivity index (χ1n) is 16.9. The average Bonchev–Trinajstić information content (AvgIpc) is 3.42. The van der Waals surface area contributed by atoms with Crippen LogP contribution < -0.4 is 26.2 Å². The number of carboxylic acid groups (broad SMARTS) is 1. The predicted octanol–water partition coefficient (Wildman–Crippen LogP) is 4.16. The van der Waals surface area contributed by atoms with Gasteiger partial charge in [-0.25, -0.2) is 0 Å². The molecule has 0 saturated heterocycles. The van der Waals surface area contributed by atoms with Crippen LogP contribution in [0, 0.1) is 0 Å². The molecule has 2 heterocycles. The van der Waals surface area contributed by atoms with E-state index in [1.165, 1.54) is 5.56 Å². The van der Waals surface area contributed by atoms with Gasteiger partial charge in [0.2, 0.25) is 16.5 Å². The molecule has 2 N–H and O–H groups in total. The molecule has 2 atom stereocenters.